The van der Waals surface area contributed by atoms with Crippen LogP contribution in [0.15, 0.2) is 18.2 Å². The molecule has 8 nitrogen and oxygen atoms in total. The molecule has 2 aliphatic heterocycles. The summed E-state index contributed by atoms with van der Waals surface area (Å²) in [7, 11) is 0. The Bertz CT molecular complexity index is 745. The number of piperidine rings is 1. The fourth-order valence-corrected chi connectivity index (χ4v) is 3.00. The first kappa shape index (κ1) is 17.1. The maximum absolute atomic E-state index is 12.8. The lowest BCUT2D eigenvalue weighted by Gasteiger charge is -2.27. The van der Waals surface area contributed by atoms with Gasteiger partial charge in [-0.05, 0) is 31.4 Å². The van der Waals surface area contributed by atoms with Crippen LogP contribution in [0.2, 0.25) is 0 Å². The Balaban J connectivity index is 1.84. The molecule has 0 aliphatic carbocycles. The third-order valence-electron chi connectivity index (χ3n) is 4.24. The molecule has 1 aromatic rings. The van der Waals surface area contributed by atoms with Crippen molar-refractivity contribution in [2.24, 2.45) is 0 Å². The molecule has 4 amide bonds. The van der Waals surface area contributed by atoms with Crippen LogP contribution in [0.3, 0.4) is 0 Å². The molecule has 2 aliphatic rings. The lowest BCUT2D eigenvalue weighted by molar-refractivity contribution is -0.136. The third kappa shape index (κ3) is 3.12. The van der Waals surface area contributed by atoms with Crippen molar-refractivity contribution in [2.75, 3.05) is 13.2 Å². The number of fused-ring (bicyclic) bond motifs is 1. The van der Waals surface area contributed by atoms with Crippen LogP contribution in [0, 0.1) is 0 Å². The van der Waals surface area contributed by atoms with E-state index in [9.17, 15) is 19.2 Å². The minimum absolute atomic E-state index is 0.0525. The van der Waals surface area contributed by atoms with Crippen LogP contribution < -0.4 is 10.1 Å². The molecule has 25 heavy (non-hydrogen) atoms. The predicted molar refractivity (Wildman–Crippen MR) is 84.9 cm³/mol. The Hall–Kier alpha value is -2.74. The average Bonchev–Trinajstić information content (AvgIpc) is 2.84. The van der Waals surface area contributed by atoms with Gasteiger partial charge in [0.25, 0.3) is 11.8 Å². The van der Waals surface area contributed by atoms with Crippen molar-refractivity contribution in [3.63, 3.8) is 0 Å². The molecule has 0 saturated carbocycles. The molecule has 1 saturated heterocycles. The van der Waals surface area contributed by atoms with Crippen molar-refractivity contribution in [1.29, 1.82) is 0 Å². The Labute approximate surface area is 143 Å². The normalized spacial score (nSPS) is 19.9. The van der Waals surface area contributed by atoms with Gasteiger partial charge in [-0.25, -0.2) is 0 Å². The molecular weight excluding hydrogens is 328 g/mol. The molecule has 1 fully saturated rings. The van der Waals surface area contributed by atoms with Crippen molar-refractivity contribution in [3.05, 3.63) is 29.3 Å². The minimum atomic E-state index is -0.993. The number of carbonyl (C=O) groups is 4. The number of ether oxygens (including phenoxy) is 1. The number of amides is 4. The fraction of sp³-hybridized carbons (Fsp3) is 0.412. The number of benzene rings is 1. The zero-order valence-electron chi connectivity index (χ0n) is 13.5. The molecular formula is C17H18N2O6. The van der Waals surface area contributed by atoms with Crippen LogP contribution in [-0.4, -0.2) is 52.9 Å². The smallest absolute Gasteiger partial charge is 0.266 e. The lowest BCUT2D eigenvalue weighted by Crippen LogP contribution is -2.54. The number of nitrogens with zero attached hydrogens (tertiary/aromatic N) is 1. The molecule has 1 aromatic carbocycles. The average molecular weight is 346 g/mol. The number of nitrogens with one attached hydrogen (secondary N) is 1. The highest BCUT2D eigenvalue weighted by atomic mass is 16.5. The summed E-state index contributed by atoms with van der Waals surface area (Å²) in [5.41, 5.74) is 0.329. The van der Waals surface area contributed by atoms with Gasteiger partial charge < -0.3 is 9.84 Å². The first-order chi connectivity index (χ1) is 12.0. The predicted octanol–water partition coefficient (Wildman–Crippen LogP) is 0.239. The summed E-state index contributed by atoms with van der Waals surface area (Å²) in [5.74, 6) is -1.92. The SMILES string of the molecule is O=C1CCC(N2C(=O)c3cccc(OCCCCO)c3C2=O)C(=O)N1. The van der Waals surface area contributed by atoms with E-state index in [0.29, 0.717) is 19.4 Å². The first-order valence-corrected chi connectivity index (χ1v) is 8.13. The highest BCUT2D eigenvalue weighted by molar-refractivity contribution is 6.24. The summed E-state index contributed by atoms with van der Waals surface area (Å²) >= 11 is 0. The molecule has 0 aromatic heterocycles. The Morgan fingerprint density at radius 2 is 1.96 bits per heavy atom. The molecule has 3 rings (SSSR count). The van der Waals surface area contributed by atoms with E-state index in [1.54, 1.807) is 12.1 Å². The zero-order valence-corrected chi connectivity index (χ0v) is 13.5. The summed E-state index contributed by atoms with van der Waals surface area (Å²) in [4.78, 5) is 49.6. The van der Waals surface area contributed by atoms with E-state index in [1.165, 1.54) is 6.07 Å². The number of aliphatic hydroxyl groups is 1. The van der Waals surface area contributed by atoms with Gasteiger partial charge in [-0.15, -0.1) is 0 Å². The molecule has 132 valence electrons. The second-order valence-corrected chi connectivity index (χ2v) is 5.91. The first-order valence-electron chi connectivity index (χ1n) is 8.13. The van der Waals surface area contributed by atoms with Gasteiger partial charge in [0.1, 0.15) is 11.8 Å². The van der Waals surface area contributed by atoms with E-state index in [0.717, 1.165) is 4.90 Å². The minimum Gasteiger partial charge on any atom is -0.493 e. The molecule has 0 radical (unpaired) electrons. The Kier molecular flexibility index (Phi) is 4.80. The van der Waals surface area contributed by atoms with Crippen molar-refractivity contribution in [2.45, 2.75) is 31.7 Å². The molecule has 1 unspecified atom stereocenters. The number of hydrogen-bond donors (Lipinski definition) is 2. The van der Waals surface area contributed by atoms with E-state index in [4.69, 9.17) is 9.84 Å². The monoisotopic (exact) mass is 346 g/mol. The number of carbonyl (C=O) groups excluding carboxylic acids is 4. The standard InChI is InChI=1S/C17H18N2O6/c20-8-1-2-9-25-12-5-3-4-10-14(12)17(24)19(16(10)23)11-6-7-13(21)18-15(11)22/h3-5,11,20H,1-2,6-9H2,(H,18,21,22). The van der Waals surface area contributed by atoms with Crippen molar-refractivity contribution in [1.82, 2.24) is 10.2 Å². The second kappa shape index (κ2) is 7.02. The summed E-state index contributed by atoms with van der Waals surface area (Å²) in [6, 6.07) is 3.73. The Morgan fingerprint density at radius 1 is 1.16 bits per heavy atom. The number of unbranched alkanes of at least 4 members (excludes halogenated alkanes) is 1. The summed E-state index contributed by atoms with van der Waals surface area (Å²) in [6.45, 7) is 0.355. The highest BCUT2D eigenvalue weighted by Gasteiger charge is 2.45. The van der Waals surface area contributed by atoms with E-state index >= 15 is 0 Å². The summed E-state index contributed by atoms with van der Waals surface area (Å²) in [6.07, 6.45) is 1.38. The quantitative estimate of drug-likeness (QED) is 0.563. The molecule has 0 spiro atoms. The maximum Gasteiger partial charge on any atom is 0.266 e. The third-order valence-corrected chi connectivity index (χ3v) is 4.24. The van der Waals surface area contributed by atoms with Crippen LogP contribution in [-0.2, 0) is 9.59 Å². The highest BCUT2D eigenvalue weighted by Crippen LogP contribution is 2.33. The number of aliphatic hydroxyl groups excluding tert-OH is 1. The van der Waals surface area contributed by atoms with Gasteiger partial charge in [0.05, 0.1) is 17.7 Å². The van der Waals surface area contributed by atoms with E-state index < -0.39 is 29.7 Å². The molecule has 0 bridgehead atoms. The number of hydrogen-bond acceptors (Lipinski definition) is 6. The second-order valence-electron chi connectivity index (χ2n) is 5.91. The van der Waals surface area contributed by atoms with Gasteiger partial charge >= 0.3 is 0 Å². The topological polar surface area (TPSA) is 113 Å². The molecule has 2 heterocycles. The van der Waals surface area contributed by atoms with Gasteiger partial charge in [0.2, 0.25) is 11.8 Å². The molecule has 1 atom stereocenters. The van der Waals surface area contributed by atoms with Gasteiger partial charge in [-0.3, -0.25) is 29.4 Å². The van der Waals surface area contributed by atoms with Crippen LogP contribution in [0.4, 0.5) is 0 Å². The van der Waals surface area contributed by atoms with Crippen LogP contribution in [0.25, 0.3) is 0 Å². The van der Waals surface area contributed by atoms with Crippen molar-refractivity contribution in [3.8, 4) is 5.75 Å². The van der Waals surface area contributed by atoms with Crippen LogP contribution in [0.5, 0.6) is 5.75 Å². The van der Waals surface area contributed by atoms with Crippen LogP contribution in [0.1, 0.15) is 46.4 Å². The summed E-state index contributed by atoms with van der Waals surface area (Å²) in [5, 5.41) is 11.0. The zero-order chi connectivity index (χ0) is 18.0. The number of imide groups is 2. The van der Waals surface area contributed by atoms with Gasteiger partial charge in [0.15, 0.2) is 0 Å². The lowest BCUT2D eigenvalue weighted by atomic mass is 10.0. The largest absolute Gasteiger partial charge is 0.493 e. The molecule has 2 N–H and O–H groups in total. The van der Waals surface area contributed by atoms with Crippen molar-refractivity contribution < 1.29 is 29.0 Å². The van der Waals surface area contributed by atoms with Gasteiger partial charge in [-0.1, -0.05) is 6.07 Å². The summed E-state index contributed by atoms with van der Waals surface area (Å²) < 4.78 is 5.58. The van der Waals surface area contributed by atoms with Crippen molar-refractivity contribution >= 4 is 23.6 Å². The van der Waals surface area contributed by atoms with E-state index in [2.05, 4.69) is 5.32 Å². The van der Waals surface area contributed by atoms with E-state index in [1.807, 2.05) is 0 Å². The fourth-order valence-electron chi connectivity index (χ4n) is 3.00. The maximum atomic E-state index is 12.8. The van der Waals surface area contributed by atoms with Crippen LogP contribution >= 0.6 is 0 Å². The number of rotatable bonds is 6. The Morgan fingerprint density at radius 3 is 2.68 bits per heavy atom. The van der Waals surface area contributed by atoms with Gasteiger partial charge in [-0.2, -0.15) is 0 Å². The molecule has 8 heteroatoms. The van der Waals surface area contributed by atoms with Gasteiger partial charge in [0, 0.05) is 13.0 Å². The van der Waals surface area contributed by atoms with E-state index in [-0.39, 0.29) is 36.3 Å².